The van der Waals surface area contributed by atoms with Crippen LogP contribution in [0.1, 0.15) is 15.9 Å². The molecule has 0 aliphatic carbocycles. The minimum atomic E-state index is 0.0294. The van der Waals surface area contributed by atoms with Gasteiger partial charge in [0.05, 0.1) is 6.54 Å². The second-order valence-corrected chi connectivity index (χ2v) is 9.65. The lowest BCUT2D eigenvalue weighted by Gasteiger charge is -2.36. The fourth-order valence-corrected chi connectivity index (χ4v) is 4.80. The SMILES string of the molecule is O=C(c1ccc(-c2nc(=S)n(Cc3cccc(Cl)c3)[nH]2)cc1)N1CCN(c2cccc(Cl)c2)CC1. The fourth-order valence-electron chi connectivity index (χ4n) is 4.20. The number of hydrogen-bond donors (Lipinski definition) is 1. The van der Waals surface area contributed by atoms with Crippen LogP contribution in [0.3, 0.4) is 0 Å². The van der Waals surface area contributed by atoms with Gasteiger partial charge in [0, 0.05) is 53.0 Å². The monoisotopic (exact) mass is 523 g/mol. The van der Waals surface area contributed by atoms with Crippen molar-refractivity contribution in [2.45, 2.75) is 6.54 Å². The van der Waals surface area contributed by atoms with Crippen LogP contribution in [0.2, 0.25) is 10.0 Å². The van der Waals surface area contributed by atoms with Gasteiger partial charge in [0.25, 0.3) is 5.91 Å². The number of H-pyrrole nitrogens is 1. The number of amides is 1. The number of piperazine rings is 1. The highest BCUT2D eigenvalue weighted by molar-refractivity contribution is 7.71. The first kappa shape index (κ1) is 23.6. The van der Waals surface area contributed by atoms with E-state index < -0.39 is 0 Å². The number of aromatic nitrogens is 3. The fraction of sp³-hybridized carbons (Fsp3) is 0.192. The number of aromatic amines is 1. The van der Waals surface area contributed by atoms with E-state index in [1.807, 2.05) is 77.7 Å². The van der Waals surface area contributed by atoms with Gasteiger partial charge in [0.15, 0.2) is 5.82 Å². The van der Waals surface area contributed by atoms with Crippen LogP contribution in [0.25, 0.3) is 11.4 Å². The number of hydrogen-bond acceptors (Lipinski definition) is 4. The van der Waals surface area contributed by atoms with Gasteiger partial charge in [0.1, 0.15) is 0 Å². The Hall–Kier alpha value is -3.13. The van der Waals surface area contributed by atoms with Crippen LogP contribution < -0.4 is 4.90 Å². The Labute approximate surface area is 218 Å². The maximum absolute atomic E-state index is 13.1. The second kappa shape index (κ2) is 10.2. The Morgan fingerprint density at radius 3 is 2.29 bits per heavy atom. The number of nitrogens with one attached hydrogen (secondary N) is 1. The molecule has 1 amide bonds. The highest BCUT2D eigenvalue weighted by atomic mass is 35.5. The predicted octanol–water partition coefficient (Wildman–Crippen LogP) is 5.93. The number of nitrogens with zero attached hydrogens (tertiary/aromatic N) is 4. The molecule has 0 saturated carbocycles. The molecular weight excluding hydrogens is 501 g/mol. The molecule has 1 saturated heterocycles. The van der Waals surface area contributed by atoms with E-state index in [1.165, 1.54) is 0 Å². The van der Waals surface area contributed by atoms with Crippen molar-refractivity contribution in [2.75, 3.05) is 31.1 Å². The smallest absolute Gasteiger partial charge is 0.253 e. The molecular formula is C26H23Cl2N5OS. The van der Waals surface area contributed by atoms with Gasteiger partial charge >= 0.3 is 0 Å². The summed E-state index contributed by atoms with van der Waals surface area (Å²) in [5.74, 6) is 0.688. The Balaban J connectivity index is 1.24. The third-order valence-electron chi connectivity index (χ3n) is 6.05. The highest BCUT2D eigenvalue weighted by Gasteiger charge is 2.22. The lowest BCUT2D eigenvalue weighted by Crippen LogP contribution is -2.48. The van der Waals surface area contributed by atoms with Gasteiger partial charge < -0.3 is 9.80 Å². The van der Waals surface area contributed by atoms with Crippen molar-refractivity contribution in [1.82, 2.24) is 19.7 Å². The number of anilines is 1. The number of carbonyl (C=O) groups excluding carboxylic acids is 1. The van der Waals surface area contributed by atoms with E-state index in [1.54, 1.807) is 4.68 Å². The number of benzene rings is 3. The van der Waals surface area contributed by atoms with E-state index in [-0.39, 0.29) is 5.91 Å². The van der Waals surface area contributed by atoms with E-state index >= 15 is 0 Å². The molecule has 4 aromatic rings. The third-order valence-corrected chi connectivity index (χ3v) is 6.84. The summed E-state index contributed by atoms with van der Waals surface area (Å²) >= 11 is 17.6. The van der Waals surface area contributed by atoms with Crippen LogP contribution in [-0.4, -0.2) is 51.8 Å². The van der Waals surface area contributed by atoms with Crippen LogP contribution >= 0.6 is 35.4 Å². The zero-order valence-electron chi connectivity index (χ0n) is 18.8. The lowest BCUT2D eigenvalue weighted by atomic mass is 10.1. The molecule has 0 unspecified atom stereocenters. The Bertz CT molecular complexity index is 1410. The van der Waals surface area contributed by atoms with Gasteiger partial charge in [-0.15, -0.1) is 0 Å². The van der Waals surface area contributed by atoms with Gasteiger partial charge in [-0.25, -0.2) is 0 Å². The minimum absolute atomic E-state index is 0.0294. The predicted molar refractivity (Wildman–Crippen MR) is 143 cm³/mol. The van der Waals surface area contributed by atoms with Crippen LogP contribution in [-0.2, 0) is 6.54 Å². The molecule has 1 aliphatic rings. The maximum Gasteiger partial charge on any atom is 0.253 e. The molecule has 0 bridgehead atoms. The summed E-state index contributed by atoms with van der Waals surface area (Å²) in [6.07, 6.45) is 0. The summed E-state index contributed by atoms with van der Waals surface area (Å²) in [6, 6.07) is 22.9. The van der Waals surface area contributed by atoms with Crippen LogP contribution in [0.15, 0.2) is 72.8 Å². The van der Waals surface area contributed by atoms with Gasteiger partial charge in [-0.2, -0.15) is 4.98 Å². The maximum atomic E-state index is 13.1. The van der Waals surface area contributed by atoms with E-state index in [9.17, 15) is 4.79 Å². The normalized spacial score (nSPS) is 13.8. The summed E-state index contributed by atoms with van der Waals surface area (Å²) in [5.41, 5.74) is 3.63. The van der Waals surface area contributed by atoms with Crippen LogP contribution in [0.5, 0.6) is 0 Å². The van der Waals surface area contributed by atoms with Gasteiger partial charge in [-0.1, -0.05) is 53.5 Å². The Kier molecular flexibility index (Phi) is 6.90. The number of rotatable bonds is 5. The molecule has 1 aromatic heterocycles. The molecule has 0 spiro atoms. The molecule has 1 N–H and O–H groups in total. The van der Waals surface area contributed by atoms with Gasteiger partial charge in [-0.3, -0.25) is 14.6 Å². The average molecular weight is 524 g/mol. The van der Waals surface area contributed by atoms with E-state index in [2.05, 4.69) is 15.0 Å². The largest absolute Gasteiger partial charge is 0.368 e. The molecule has 3 aromatic carbocycles. The van der Waals surface area contributed by atoms with Crippen molar-refractivity contribution >= 4 is 47.0 Å². The summed E-state index contributed by atoms with van der Waals surface area (Å²) in [7, 11) is 0. The summed E-state index contributed by atoms with van der Waals surface area (Å²) in [4.78, 5) is 21.7. The van der Waals surface area contributed by atoms with Gasteiger partial charge in [0.2, 0.25) is 4.77 Å². The van der Waals surface area contributed by atoms with Crippen molar-refractivity contribution in [3.05, 3.63) is 98.7 Å². The lowest BCUT2D eigenvalue weighted by molar-refractivity contribution is 0.0747. The van der Waals surface area contributed by atoms with E-state index in [0.717, 1.165) is 34.9 Å². The standard InChI is InChI=1S/C26H23Cl2N5OS/c27-21-4-1-3-18(15-21)17-33-26(35)29-24(30-33)19-7-9-20(10-8-19)25(34)32-13-11-31(12-14-32)23-6-2-5-22(28)16-23/h1-10,15-16H,11-14,17H2,(H,29,30,35). The first-order valence-electron chi connectivity index (χ1n) is 11.3. The van der Waals surface area contributed by atoms with E-state index in [0.29, 0.717) is 40.8 Å². The first-order chi connectivity index (χ1) is 17.0. The zero-order chi connectivity index (χ0) is 24.4. The van der Waals surface area contributed by atoms with Crippen molar-refractivity contribution in [3.63, 3.8) is 0 Å². The average Bonchev–Trinajstić information content (AvgIpc) is 3.24. The molecule has 5 rings (SSSR count). The van der Waals surface area contributed by atoms with Crippen LogP contribution in [0.4, 0.5) is 5.69 Å². The second-order valence-electron chi connectivity index (χ2n) is 8.41. The molecule has 35 heavy (non-hydrogen) atoms. The molecule has 178 valence electrons. The third kappa shape index (κ3) is 5.42. The summed E-state index contributed by atoms with van der Waals surface area (Å²) in [6.45, 7) is 3.40. The topological polar surface area (TPSA) is 57.2 Å². The molecule has 9 heteroatoms. The molecule has 0 radical (unpaired) electrons. The number of carbonyl (C=O) groups is 1. The summed E-state index contributed by atoms with van der Waals surface area (Å²) < 4.78 is 2.26. The molecule has 6 nitrogen and oxygen atoms in total. The minimum Gasteiger partial charge on any atom is -0.368 e. The van der Waals surface area contributed by atoms with E-state index in [4.69, 9.17) is 35.4 Å². The Morgan fingerprint density at radius 2 is 1.60 bits per heavy atom. The van der Waals surface area contributed by atoms with Crippen molar-refractivity contribution in [3.8, 4) is 11.4 Å². The molecule has 1 fully saturated rings. The summed E-state index contributed by atoms with van der Waals surface area (Å²) in [5, 5.41) is 4.65. The van der Waals surface area contributed by atoms with Crippen molar-refractivity contribution in [1.29, 1.82) is 0 Å². The first-order valence-corrected chi connectivity index (χ1v) is 12.4. The van der Waals surface area contributed by atoms with Crippen molar-refractivity contribution in [2.24, 2.45) is 0 Å². The number of halogens is 2. The quantitative estimate of drug-likeness (QED) is 0.329. The highest BCUT2D eigenvalue weighted by Crippen LogP contribution is 2.22. The molecule has 1 aliphatic heterocycles. The van der Waals surface area contributed by atoms with Gasteiger partial charge in [-0.05, 0) is 60.2 Å². The molecule has 2 heterocycles. The van der Waals surface area contributed by atoms with Crippen LogP contribution in [0, 0.1) is 4.77 Å². The zero-order valence-corrected chi connectivity index (χ0v) is 21.2. The Morgan fingerprint density at radius 1 is 0.914 bits per heavy atom. The molecule has 0 atom stereocenters. The van der Waals surface area contributed by atoms with Crippen molar-refractivity contribution < 1.29 is 4.79 Å².